The summed E-state index contributed by atoms with van der Waals surface area (Å²) in [5.41, 5.74) is 1.31. The first-order chi connectivity index (χ1) is 9.70. The highest BCUT2D eigenvalue weighted by atomic mass is 32.2. The van der Waals surface area contributed by atoms with Crippen LogP contribution < -0.4 is 0 Å². The van der Waals surface area contributed by atoms with E-state index in [9.17, 15) is 9.90 Å². The molecule has 0 aliphatic carbocycles. The van der Waals surface area contributed by atoms with Gasteiger partial charge >= 0.3 is 0 Å². The maximum absolute atomic E-state index is 12.2. The van der Waals surface area contributed by atoms with Gasteiger partial charge in [-0.1, -0.05) is 30.3 Å². The fraction of sp³-hybridized carbons (Fsp3) is 0.188. The maximum Gasteiger partial charge on any atom is 0.193 e. The van der Waals surface area contributed by atoms with E-state index < -0.39 is 6.10 Å². The van der Waals surface area contributed by atoms with Gasteiger partial charge < -0.3 is 10.2 Å². The maximum atomic E-state index is 12.2. The number of benzene rings is 2. The van der Waals surface area contributed by atoms with Crippen molar-refractivity contribution in [1.29, 1.82) is 0 Å². The summed E-state index contributed by atoms with van der Waals surface area (Å²) in [6.45, 7) is -0.239. The summed E-state index contributed by atoms with van der Waals surface area (Å²) >= 11 is 1.45. The van der Waals surface area contributed by atoms with Gasteiger partial charge in [0.1, 0.15) is 0 Å². The van der Waals surface area contributed by atoms with E-state index >= 15 is 0 Å². The van der Waals surface area contributed by atoms with Crippen molar-refractivity contribution in [2.24, 2.45) is 0 Å². The summed E-state index contributed by atoms with van der Waals surface area (Å²) in [7, 11) is 0. The standard InChI is InChI=1S/C16H16O3S/c17-10-14(18)11-20-15-8-6-13(7-9-15)16(19)12-4-2-1-3-5-12/h1-9,14,17-18H,10-11H2. The molecule has 0 heterocycles. The Labute approximate surface area is 122 Å². The molecule has 1 unspecified atom stereocenters. The van der Waals surface area contributed by atoms with Gasteiger partial charge in [-0.2, -0.15) is 0 Å². The highest BCUT2D eigenvalue weighted by Crippen LogP contribution is 2.20. The number of aliphatic hydroxyl groups is 2. The van der Waals surface area contributed by atoms with Crippen LogP contribution in [0.3, 0.4) is 0 Å². The molecule has 0 amide bonds. The van der Waals surface area contributed by atoms with E-state index in [0.29, 0.717) is 16.9 Å². The average Bonchev–Trinajstić information content (AvgIpc) is 2.53. The van der Waals surface area contributed by atoms with E-state index in [2.05, 4.69) is 0 Å². The van der Waals surface area contributed by atoms with Gasteiger partial charge in [-0.15, -0.1) is 11.8 Å². The molecule has 4 heteroatoms. The highest BCUT2D eigenvalue weighted by Gasteiger charge is 2.08. The summed E-state index contributed by atoms with van der Waals surface area (Å²) in [5.74, 6) is 0.431. The number of carbonyl (C=O) groups is 1. The second kappa shape index (κ2) is 7.24. The van der Waals surface area contributed by atoms with Gasteiger partial charge in [0.2, 0.25) is 0 Å². The lowest BCUT2D eigenvalue weighted by Gasteiger charge is -2.07. The van der Waals surface area contributed by atoms with Crippen molar-refractivity contribution >= 4 is 17.5 Å². The molecule has 0 aliphatic heterocycles. The molecule has 104 valence electrons. The Hall–Kier alpha value is -1.62. The van der Waals surface area contributed by atoms with E-state index in [1.165, 1.54) is 11.8 Å². The minimum atomic E-state index is -0.717. The molecule has 0 spiro atoms. The third-order valence-electron chi connectivity index (χ3n) is 2.81. The van der Waals surface area contributed by atoms with Crippen LogP contribution in [0.1, 0.15) is 15.9 Å². The summed E-state index contributed by atoms with van der Waals surface area (Å²) in [6, 6.07) is 16.4. The van der Waals surface area contributed by atoms with Gasteiger partial charge in [0.15, 0.2) is 5.78 Å². The summed E-state index contributed by atoms with van der Waals surface area (Å²) in [4.78, 5) is 13.2. The Kier molecular flexibility index (Phi) is 5.35. The van der Waals surface area contributed by atoms with Crippen LogP contribution in [0.4, 0.5) is 0 Å². The quantitative estimate of drug-likeness (QED) is 0.633. The molecule has 0 saturated heterocycles. The van der Waals surface area contributed by atoms with Crippen LogP contribution in [-0.4, -0.2) is 34.5 Å². The zero-order chi connectivity index (χ0) is 14.4. The van der Waals surface area contributed by atoms with Crippen molar-refractivity contribution < 1.29 is 15.0 Å². The van der Waals surface area contributed by atoms with Gasteiger partial charge in [-0.25, -0.2) is 0 Å². The van der Waals surface area contributed by atoms with E-state index in [4.69, 9.17) is 5.11 Å². The molecule has 0 bridgehead atoms. The fourth-order valence-electron chi connectivity index (χ4n) is 1.70. The lowest BCUT2D eigenvalue weighted by molar-refractivity contribution is 0.103. The number of aliphatic hydroxyl groups excluding tert-OH is 2. The Morgan fingerprint density at radius 2 is 1.60 bits per heavy atom. The molecule has 2 rings (SSSR count). The number of carbonyl (C=O) groups excluding carboxylic acids is 1. The third-order valence-corrected chi connectivity index (χ3v) is 3.96. The van der Waals surface area contributed by atoms with Gasteiger partial charge in [-0.05, 0) is 24.3 Å². The third kappa shape index (κ3) is 3.93. The molecule has 3 nitrogen and oxygen atoms in total. The Bertz CT molecular complexity index is 552. The first kappa shape index (κ1) is 14.8. The van der Waals surface area contributed by atoms with E-state index in [1.54, 1.807) is 24.3 Å². The first-order valence-corrected chi connectivity index (χ1v) is 7.31. The van der Waals surface area contributed by atoms with E-state index in [0.717, 1.165) is 4.90 Å². The van der Waals surface area contributed by atoms with E-state index in [-0.39, 0.29) is 12.4 Å². The zero-order valence-corrected chi connectivity index (χ0v) is 11.7. The summed E-state index contributed by atoms with van der Waals surface area (Å²) < 4.78 is 0. The molecular weight excluding hydrogens is 272 g/mol. The number of thioether (sulfide) groups is 1. The molecule has 0 radical (unpaired) electrons. The smallest absolute Gasteiger partial charge is 0.193 e. The van der Waals surface area contributed by atoms with Crippen LogP contribution in [0.15, 0.2) is 59.5 Å². The van der Waals surface area contributed by atoms with Crippen molar-refractivity contribution in [3.05, 3.63) is 65.7 Å². The number of hydrogen-bond acceptors (Lipinski definition) is 4. The van der Waals surface area contributed by atoms with Crippen molar-refractivity contribution in [2.75, 3.05) is 12.4 Å². The number of ketones is 1. The molecule has 20 heavy (non-hydrogen) atoms. The second-order valence-electron chi connectivity index (χ2n) is 4.37. The topological polar surface area (TPSA) is 57.5 Å². The molecule has 1 atom stereocenters. The molecule has 2 aromatic carbocycles. The summed E-state index contributed by atoms with van der Waals surface area (Å²) in [6.07, 6.45) is -0.717. The number of hydrogen-bond donors (Lipinski definition) is 2. The normalized spacial score (nSPS) is 12.1. The predicted molar refractivity (Wildman–Crippen MR) is 80.1 cm³/mol. The lowest BCUT2D eigenvalue weighted by Crippen LogP contribution is -2.14. The SMILES string of the molecule is O=C(c1ccccc1)c1ccc(SCC(O)CO)cc1. The van der Waals surface area contributed by atoms with Crippen molar-refractivity contribution in [3.63, 3.8) is 0 Å². The first-order valence-electron chi connectivity index (χ1n) is 6.32. The minimum absolute atomic E-state index is 0.00228. The number of rotatable bonds is 6. The Balaban J connectivity index is 2.03. The van der Waals surface area contributed by atoms with Crippen LogP contribution >= 0.6 is 11.8 Å². The minimum Gasteiger partial charge on any atom is -0.394 e. The molecule has 0 aromatic heterocycles. The van der Waals surface area contributed by atoms with E-state index in [1.807, 2.05) is 30.3 Å². The fourth-order valence-corrected chi connectivity index (χ4v) is 2.52. The molecule has 2 aromatic rings. The Morgan fingerprint density at radius 1 is 1.00 bits per heavy atom. The second-order valence-corrected chi connectivity index (χ2v) is 5.46. The largest absolute Gasteiger partial charge is 0.394 e. The summed E-state index contributed by atoms with van der Waals surface area (Å²) in [5, 5.41) is 18.0. The van der Waals surface area contributed by atoms with Crippen LogP contribution in [0, 0.1) is 0 Å². The van der Waals surface area contributed by atoms with Crippen LogP contribution in [-0.2, 0) is 0 Å². The van der Waals surface area contributed by atoms with Crippen LogP contribution in [0.2, 0.25) is 0 Å². The van der Waals surface area contributed by atoms with Crippen molar-refractivity contribution in [1.82, 2.24) is 0 Å². The van der Waals surface area contributed by atoms with Crippen molar-refractivity contribution in [3.8, 4) is 0 Å². The predicted octanol–water partition coefficient (Wildman–Crippen LogP) is 2.36. The van der Waals surface area contributed by atoms with Gasteiger partial charge in [0.25, 0.3) is 0 Å². The molecule has 0 aliphatic rings. The van der Waals surface area contributed by atoms with Gasteiger partial charge in [0, 0.05) is 21.8 Å². The monoisotopic (exact) mass is 288 g/mol. The molecule has 0 fully saturated rings. The molecule has 2 N–H and O–H groups in total. The van der Waals surface area contributed by atoms with Crippen molar-refractivity contribution in [2.45, 2.75) is 11.0 Å². The van der Waals surface area contributed by atoms with Gasteiger partial charge in [0.05, 0.1) is 12.7 Å². The van der Waals surface area contributed by atoms with Crippen LogP contribution in [0.5, 0.6) is 0 Å². The molecule has 0 saturated carbocycles. The lowest BCUT2D eigenvalue weighted by atomic mass is 10.0. The van der Waals surface area contributed by atoms with Crippen LogP contribution in [0.25, 0.3) is 0 Å². The van der Waals surface area contributed by atoms with Gasteiger partial charge in [-0.3, -0.25) is 4.79 Å². The molecular formula is C16H16O3S. The zero-order valence-electron chi connectivity index (χ0n) is 10.9. The average molecular weight is 288 g/mol. The Morgan fingerprint density at radius 3 is 2.20 bits per heavy atom. The highest BCUT2D eigenvalue weighted by molar-refractivity contribution is 7.99.